The van der Waals surface area contributed by atoms with Crippen LogP contribution in [-0.4, -0.2) is 46.9 Å². The Labute approximate surface area is 113 Å². The van der Waals surface area contributed by atoms with Gasteiger partial charge in [-0.1, -0.05) is 12.1 Å². The van der Waals surface area contributed by atoms with Crippen molar-refractivity contribution in [1.29, 1.82) is 0 Å². The normalized spacial score (nSPS) is 14.3. The number of carboxylic acids is 1. The molecule has 1 aliphatic rings. The highest BCUT2D eigenvalue weighted by molar-refractivity contribution is 8.00. The summed E-state index contributed by atoms with van der Waals surface area (Å²) in [6.45, 7) is 0.458. The summed E-state index contributed by atoms with van der Waals surface area (Å²) in [5.74, 6) is -1.43. The molecule has 1 aromatic carbocycles. The van der Waals surface area contributed by atoms with E-state index in [0.717, 1.165) is 16.7 Å². The highest BCUT2D eigenvalue weighted by atomic mass is 32.2. The standard InChI is InChI=1S/C12H11NO5S/c14-10(13-5-6-18-12(13)17)7-19-9-4-2-1-3-8(9)11(15)16/h1-4H,5-7H2,(H,15,16). The second kappa shape index (κ2) is 5.75. The maximum absolute atomic E-state index is 11.8. The second-order valence-corrected chi connectivity index (χ2v) is 4.77. The number of cyclic esters (lactones) is 1. The Morgan fingerprint density at radius 2 is 2.11 bits per heavy atom. The highest BCUT2D eigenvalue weighted by Crippen LogP contribution is 2.23. The number of nitrogens with zero attached hydrogens (tertiary/aromatic N) is 1. The van der Waals surface area contributed by atoms with Crippen molar-refractivity contribution in [2.45, 2.75) is 4.90 Å². The Morgan fingerprint density at radius 3 is 2.74 bits per heavy atom. The van der Waals surface area contributed by atoms with E-state index in [1.54, 1.807) is 18.2 Å². The molecule has 0 aromatic heterocycles. The fourth-order valence-electron chi connectivity index (χ4n) is 1.61. The van der Waals surface area contributed by atoms with Gasteiger partial charge in [0.15, 0.2) is 0 Å². The van der Waals surface area contributed by atoms with E-state index in [4.69, 9.17) is 5.11 Å². The third-order valence-electron chi connectivity index (χ3n) is 2.53. The summed E-state index contributed by atoms with van der Waals surface area (Å²) >= 11 is 1.09. The van der Waals surface area contributed by atoms with Crippen molar-refractivity contribution in [1.82, 2.24) is 4.90 Å². The Balaban J connectivity index is 2.01. The first-order valence-electron chi connectivity index (χ1n) is 5.52. The highest BCUT2D eigenvalue weighted by Gasteiger charge is 2.28. The van der Waals surface area contributed by atoms with Crippen LogP contribution >= 0.6 is 11.8 Å². The lowest BCUT2D eigenvalue weighted by Gasteiger charge is -2.10. The summed E-state index contributed by atoms with van der Waals surface area (Å²) in [6, 6.07) is 6.42. The minimum atomic E-state index is -1.05. The molecule has 0 unspecified atom stereocenters. The number of aromatic carboxylic acids is 1. The fourth-order valence-corrected chi connectivity index (χ4v) is 2.53. The molecule has 6 nitrogen and oxygen atoms in total. The number of carbonyl (C=O) groups excluding carboxylic acids is 2. The Kier molecular flexibility index (Phi) is 4.06. The number of ether oxygens (including phenoxy) is 1. The van der Waals surface area contributed by atoms with Crippen LogP contribution in [-0.2, 0) is 9.53 Å². The predicted molar refractivity (Wildman–Crippen MR) is 67.2 cm³/mol. The maximum atomic E-state index is 11.8. The molecule has 1 heterocycles. The summed E-state index contributed by atoms with van der Waals surface area (Å²) in [5.41, 5.74) is 0.143. The van der Waals surface area contributed by atoms with E-state index in [2.05, 4.69) is 4.74 Å². The van der Waals surface area contributed by atoms with Crippen LogP contribution in [0.3, 0.4) is 0 Å². The quantitative estimate of drug-likeness (QED) is 0.841. The number of hydrogen-bond acceptors (Lipinski definition) is 5. The van der Waals surface area contributed by atoms with Gasteiger partial charge < -0.3 is 9.84 Å². The molecule has 0 bridgehead atoms. The Hall–Kier alpha value is -2.02. The molecule has 1 aliphatic heterocycles. The summed E-state index contributed by atoms with van der Waals surface area (Å²) < 4.78 is 4.66. The molecule has 1 saturated heterocycles. The van der Waals surface area contributed by atoms with Gasteiger partial charge in [0.2, 0.25) is 5.91 Å². The first kappa shape index (κ1) is 13.4. The van der Waals surface area contributed by atoms with Gasteiger partial charge in [0.1, 0.15) is 6.61 Å². The molecule has 1 aromatic rings. The number of thioether (sulfide) groups is 1. The van der Waals surface area contributed by atoms with Gasteiger partial charge in [-0.3, -0.25) is 4.79 Å². The molecule has 0 atom stereocenters. The molecular weight excluding hydrogens is 270 g/mol. The van der Waals surface area contributed by atoms with Gasteiger partial charge in [-0.2, -0.15) is 0 Å². The van der Waals surface area contributed by atoms with Crippen molar-refractivity contribution in [2.24, 2.45) is 0 Å². The minimum absolute atomic E-state index is 0.000602. The van der Waals surface area contributed by atoms with Crippen LogP contribution in [0.25, 0.3) is 0 Å². The van der Waals surface area contributed by atoms with Gasteiger partial charge in [0.05, 0.1) is 17.9 Å². The zero-order valence-electron chi connectivity index (χ0n) is 9.87. The molecule has 1 N–H and O–H groups in total. The molecule has 19 heavy (non-hydrogen) atoms. The Bertz CT molecular complexity index is 531. The number of benzene rings is 1. The molecule has 2 amide bonds. The SMILES string of the molecule is O=C(O)c1ccccc1SCC(=O)N1CCOC1=O. The van der Waals surface area contributed by atoms with E-state index < -0.39 is 12.1 Å². The smallest absolute Gasteiger partial charge is 0.416 e. The van der Waals surface area contributed by atoms with E-state index in [0.29, 0.717) is 4.90 Å². The van der Waals surface area contributed by atoms with Gasteiger partial charge in [-0.25, -0.2) is 14.5 Å². The third kappa shape index (κ3) is 3.05. The maximum Gasteiger partial charge on any atom is 0.416 e. The summed E-state index contributed by atoms with van der Waals surface area (Å²) in [7, 11) is 0. The largest absolute Gasteiger partial charge is 0.478 e. The monoisotopic (exact) mass is 281 g/mol. The molecule has 1 fully saturated rings. The van der Waals surface area contributed by atoms with Crippen molar-refractivity contribution in [3.05, 3.63) is 29.8 Å². The number of rotatable bonds is 4. The zero-order chi connectivity index (χ0) is 13.8. The summed E-state index contributed by atoms with van der Waals surface area (Å²) in [5, 5.41) is 9.00. The van der Waals surface area contributed by atoms with Crippen molar-refractivity contribution < 1.29 is 24.2 Å². The first-order chi connectivity index (χ1) is 9.09. The lowest BCUT2D eigenvalue weighted by Crippen LogP contribution is -2.33. The lowest BCUT2D eigenvalue weighted by atomic mass is 10.2. The predicted octanol–water partition coefficient (Wildman–Crippen LogP) is 1.46. The first-order valence-corrected chi connectivity index (χ1v) is 6.50. The van der Waals surface area contributed by atoms with Crippen molar-refractivity contribution in [2.75, 3.05) is 18.9 Å². The number of hydrogen-bond donors (Lipinski definition) is 1. The van der Waals surface area contributed by atoms with Crippen LogP contribution in [0, 0.1) is 0 Å². The molecule has 0 aliphatic carbocycles. The molecule has 0 saturated carbocycles. The van der Waals surface area contributed by atoms with E-state index in [1.165, 1.54) is 6.07 Å². The van der Waals surface area contributed by atoms with E-state index >= 15 is 0 Å². The van der Waals surface area contributed by atoms with Gasteiger partial charge in [-0.15, -0.1) is 11.8 Å². The number of amides is 2. The molecule has 2 rings (SSSR count). The van der Waals surface area contributed by atoms with E-state index in [9.17, 15) is 14.4 Å². The fraction of sp³-hybridized carbons (Fsp3) is 0.250. The van der Waals surface area contributed by atoms with Gasteiger partial charge in [-0.05, 0) is 12.1 Å². The number of carboxylic acid groups (broad SMARTS) is 1. The van der Waals surface area contributed by atoms with Crippen molar-refractivity contribution in [3.63, 3.8) is 0 Å². The van der Waals surface area contributed by atoms with Gasteiger partial charge in [0.25, 0.3) is 0 Å². The van der Waals surface area contributed by atoms with E-state index in [-0.39, 0.29) is 30.4 Å². The van der Waals surface area contributed by atoms with Crippen LogP contribution in [0.15, 0.2) is 29.2 Å². The lowest BCUT2D eigenvalue weighted by molar-refractivity contribution is -0.125. The summed E-state index contributed by atoms with van der Waals surface area (Å²) in [4.78, 5) is 35.5. The van der Waals surface area contributed by atoms with Crippen LogP contribution in [0.4, 0.5) is 4.79 Å². The van der Waals surface area contributed by atoms with Gasteiger partial charge >= 0.3 is 12.1 Å². The average Bonchev–Trinajstić information content (AvgIpc) is 2.82. The molecular formula is C12H11NO5S. The average molecular weight is 281 g/mol. The van der Waals surface area contributed by atoms with Crippen molar-refractivity contribution >= 4 is 29.7 Å². The molecule has 100 valence electrons. The number of imide groups is 1. The van der Waals surface area contributed by atoms with Crippen LogP contribution in [0.1, 0.15) is 10.4 Å². The minimum Gasteiger partial charge on any atom is -0.478 e. The molecule has 0 spiro atoms. The third-order valence-corrected chi connectivity index (χ3v) is 3.59. The molecule has 0 radical (unpaired) electrons. The van der Waals surface area contributed by atoms with E-state index in [1.807, 2.05) is 0 Å². The molecule has 7 heteroatoms. The van der Waals surface area contributed by atoms with Crippen molar-refractivity contribution in [3.8, 4) is 0 Å². The van der Waals surface area contributed by atoms with Crippen LogP contribution in [0.2, 0.25) is 0 Å². The Morgan fingerprint density at radius 1 is 1.37 bits per heavy atom. The topological polar surface area (TPSA) is 83.9 Å². The van der Waals surface area contributed by atoms with Crippen LogP contribution in [0.5, 0.6) is 0 Å². The van der Waals surface area contributed by atoms with Crippen LogP contribution < -0.4 is 0 Å². The summed E-state index contributed by atoms with van der Waals surface area (Å²) in [6.07, 6.45) is -0.642. The zero-order valence-corrected chi connectivity index (χ0v) is 10.7. The number of carbonyl (C=O) groups is 3. The van der Waals surface area contributed by atoms with Gasteiger partial charge in [0, 0.05) is 4.90 Å². The second-order valence-electron chi connectivity index (χ2n) is 3.75.